The van der Waals surface area contributed by atoms with Gasteiger partial charge >= 0.3 is 84.6 Å². The minimum absolute atomic E-state index is 0. The molecule has 0 amide bonds. The number of hydrogen-bond acceptors (Lipinski definition) is 0. The third-order valence-electron chi connectivity index (χ3n) is 0. The van der Waals surface area contributed by atoms with E-state index in [0.717, 1.165) is 0 Å². The molecule has 0 aromatic carbocycles. The van der Waals surface area contributed by atoms with Crippen molar-refractivity contribution >= 4 is 28.3 Å². The summed E-state index contributed by atoms with van der Waals surface area (Å²) in [5, 5.41) is 0. The molecule has 7 nitrogen and oxygen atoms in total. The Balaban J connectivity index is -0.000000000524. The Morgan fingerprint density at radius 3 is 0.647 bits per heavy atom. The molecule has 13 heteroatoms. The smallest absolute Gasteiger partial charge is 0.693 e. The molecule has 0 bridgehead atoms. The molecule has 0 heterocycles. The van der Waals surface area contributed by atoms with E-state index in [-0.39, 0.29) is 93.2 Å². The number of halogens is 3. The van der Waals surface area contributed by atoms with Crippen LogP contribution >= 0.6 is 28.3 Å². The van der Waals surface area contributed by atoms with Crippen molar-refractivity contribution in [1.82, 2.24) is 0 Å². The second-order valence-electron chi connectivity index (χ2n) is 0.0452. The predicted molar refractivity (Wildman–Crippen MR) is 79.2 cm³/mol. The van der Waals surface area contributed by atoms with Crippen LogP contribution in [-0.2, 0) is 56.3 Å². The zero-order valence-corrected chi connectivity index (χ0v) is 17.1. The van der Waals surface area contributed by atoms with Crippen LogP contribution in [0.2, 0.25) is 0 Å². The molecule has 0 aliphatic rings. The fourth-order valence-electron chi connectivity index (χ4n) is 0. The van der Waals surface area contributed by atoms with Gasteiger partial charge in [0, 0.05) is 0 Å². The molecule has 0 aliphatic carbocycles. The van der Waals surface area contributed by atoms with Gasteiger partial charge in [0.05, 0.1) is 0 Å². The van der Waals surface area contributed by atoms with Crippen LogP contribution in [0.4, 0.5) is 0 Å². The van der Waals surface area contributed by atoms with E-state index in [2.05, 4.69) is 9.42 Å². The number of nitrogens with two attached hydrogens (primary N) is 6. The minimum atomic E-state index is -0.472. The van der Waals surface area contributed by atoms with Gasteiger partial charge in [0.1, 0.15) is 0 Å². The first-order valence-electron chi connectivity index (χ1n) is 0.359. The van der Waals surface area contributed by atoms with E-state index >= 15 is 0 Å². The van der Waals surface area contributed by atoms with Gasteiger partial charge in [0.15, 0.2) is 0 Å². The maximum absolute atomic E-state index is 4.88. The standard InChI is InChI=1S/2CH4.2CH3.3ClH.6H2N.H2O.3Pt/h2*1H4;2*1H3;3*1H;7*1H2;;;/q;;2*-1;;;;6*-1;;+1;2*+4/p-3. The number of hydrogen-bond donors (Lipinski definition) is 0. The molecular weight excluding hydrogens is 840 g/mol. The molecule has 0 aromatic rings. The Labute approximate surface area is 155 Å². The molecule has 0 atom stereocenters. The fraction of sp³-hybridized carbons (Fsp3) is 0.500. The summed E-state index contributed by atoms with van der Waals surface area (Å²) >= 11 is 1.14. The first-order chi connectivity index (χ1) is 2.41. The van der Waals surface area contributed by atoms with E-state index in [1.54, 1.807) is 18.8 Å². The first kappa shape index (κ1) is 214. The Hall–Kier alpha value is 2.65. The summed E-state index contributed by atoms with van der Waals surface area (Å²) < 4.78 is 0. The summed E-state index contributed by atoms with van der Waals surface area (Å²) in [6, 6.07) is 0. The Morgan fingerprint density at radius 1 is 0.647 bits per heavy atom. The molecule has 133 valence electrons. The summed E-state index contributed by atoms with van der Waals surface area (Å²) in [6.45, 7) is 0. The van der Waals surface area contributed by atoms with Gasteiger partial charge in [-0.05, 0) is 0 Å². The van der Waals surface area contributed by atoms with Crippen molar-refractivity contribution in [3.05, 3.63) is 51.8 Å². The molecule has 0 saturated carbocycles. The van der Waals surface area contributed by atoms with Crippen molar-refractivity contribution in [2.45, 2.75) is 14.9 Å². The van der Waals surface area contributed by atoms with Crippen LogP contribution in [0, 0.1) is 14.9 Å². The van der Waals surface area contributed by atoms with Gasteiger partial charge in [-0.3, -0.25) is 0 Å². The largest absolute Gasteiger partial charge is 4.00 e. The molecule has 0 unspecified atom stereocenters. The second kappa shape index (κ2) is 435. The zero-order valence-electron chi connectivity index (χ0n) is 8.05. The van der Waals surface area contributed by atoms with E-state index < -0.39 is 16.5 Å². The van der Waals surface area contributed by atoms with Crippen LogP contribution in [0.25, 0.3) is 36.9 Å². The molecule has 14 N–H and O–H groups in total. The second-order valence-corrected chi connectivity index (χ2v) is 3.33. The normalized spacial score (nSPS) is 1.71. The van der Waals surface area contributed by atoms with Gasteiger partial charge in [-0.25, -0.2) is 0 Å². The summed E-state index contributed by atoms with van der Waals surface area (Å²) in [4.78, 5) is 0. The van der Waals surface area contributed by atoms with Gasteiger partial charge in [0.2, 0.25) is 0 Å². The van der Waals surface area contributed by atoms with Crippen molar-refractivity contribution in [1.29, 1.82) is 0 Å². The molecular formula is C4H28Cl3N6OPt3-2. The van der Waals surface area contributed by atoms with Gasteiger partial charge in [-0.1, -0.05) is 14.9 Å². The Kier molecular flexibility index (Phi) is 5480. The fourth-order valence-corrected chi connectivity index (χ4v) is 0. The van der Waals surface area contributed by atoms with Gasteiger partial charge < -0.3 is 57.2 Å². The van der Waals surface area contributed by atoms with Crippen LogP contribution in [-0.4, -0.2) is 5.48 Å². The maximum atomic E-state index is 4.88. The van der Waals surface area contributed by atoms with E-state index in [9.17, 15) is 0 Å². The number of rotatable bonds is 0. The average molecular weight is 868 g/mol. The van der Waals surface area contributed by atoms with Crippen molar-refractivity contribution in [2.75, 3.05) is 0 Å². The predicted octanol–water partition coefficient (Wildman–Crippen LogP) is 7.71. The molecule has 0 radical (unpaired) electrons. The van der Waals surface area contributed by atoms with E-state index in [1.807, 2.05) is 0 Å². The van der Waals surface area contributed by atoms with Crippen LogP contribution in [0.5, 0.6) is 0 Å². The van der Waals surface area contributed by atoms with Gasteiger partial charge in [0.25, 0.3) is 0 Å². The Bertz CT molecular complexity index is 36.5. The molecule has 0 rings (SSSR count). The molecule has 17 heavy (non-hydrogen) atoms. The first-order valence-corrected chi connectivity index (χ1v) is 8.81. The molecule has 0 aromatic heterocycles. The van der Waals surface area contributed by atoms with Crippen molar-refractivity contribution in [3.63, 3.8) is 0 Å². The van der Waals surface area contributed by atoms with Gasteiger partial charge in [-0.15, -0.1) is 0 Å². The van der Waals surface area contributed by atoms with Gasteiger partial charge in [-0.2, -0.15) is 0 Å². The van der Waals surface area contributed by atoms with E-state index in [4.69, 9.17) is 18.8 Å². The molecule has 0 spiro atoms. The summed E-state index contributed by atoms with van der Waals surface area (Å²) in [7, 11) is 14.4. The summed E-state index contributed by atoms with van der Waals surface area (Å²) in [5.41, 5.74) is 0. The van der Waals surface area contributed by atoms with E-state index in [0.29, 0.717) is 0 Å². The summed E-state index contributed by atoms with van der Waals surface area (Å²) in [5.74, 6) is 0. The van der Waals surface area contributed by atoms with Crippen molar-refractivity contribution in [2.24, 2.45) is 0 Å². The third-order valence-corrected chi connectivity index (χ3v) is 0. The van der Waals surface area contributed by atoms with Crippen LogP contribution in [0.3, 0.4) is 0 Å². The zero-order chi connectivity index (χ0) is 4.71. The Morgan fingerprint density at radius 2 is 0.647 bits per heavy atom. The molecule has 0 fully saturated rings. The quantitative estimate of drug-likeness (QED) is 0.213. The maximum Gasteiger partial charge on any atom is 4.00 e. The van der Waals surface area contributed by atoms with E-state index in [1.165, 1.54) is 0 Å². The third kappa shape index (κ3) is 734. The minimum Gasteiger partial charge on any atom is -0.693 e. The molecule has 0 saturated heterocycles. The topological polar surface area (TPSA) is 232 Å². The van der Waals surface area contributed by atoms with Crippen molar-refractivity contribution in [3.8, 4) is 0 Å². The SMILES string of the molecule is C.C.O.[CH3-].[CH3-].[Cl][Pt+2][Cl].[Cl][Pt].[NH2-].[NH2-].[NH2-].[NH2-].[NH2-].[NH2-].[Pt+4]. The van der Waals surface area contributed by atoms with Crippen LogP contribution in [0.1, 0.15) is 14.9 Å². The summed E-state index contributed by atoms with van der Waals surface area (Å²) in [6.07, 6.45) is 0. The van der Waals surface area contributed by atoms with Crippen LogP contribution in [0.15, 0.2) is 0 Å². The average Bonchev–Trinajstić information content (AvgIpc) is 1.46. The monoisotopic (exact) mass is 866 g/mol. The van der Waals surface area contributed by atoms with Crippen LogP contribution < -0.4 is 0 Å². The molecule has 0 aliphatic heterocycles. The van der Waals surface area contributed by atoms with Crippen molar-refractivity contribution < 1.29 is 61.8 Å².